The van der Waals surface area contributed by atoms with Gasteiger partial charge in [0.25, 0.3) is 5.91 Å². The SMILES string of the molecule is CNC(=O)c1nc2cccnn2c1Cc1cccc2sc(NC3CCCCC3O)nc12. The number of fused-ring (bicyclic) bond motifs is 2. The van der Waals surface area contributed by atoms with Crippen LogP contribution in [0, 0.1) is 0 Å². The van der Waals surface area contributed by atoms with Crippen LogP contribution in [0.1, 0.15) is 47.4 Å². The second-order valence-corrected chi connectivity index (χ2v) is 8.87. The summed E-state index contributed by atoms with van der Waals surface area (Å²) in [5, 5.41) is 21.6. The molecule has 9 heteroatoms. The summed E-state index contributed by atoms with van der Waals surface area (Å²) in [7, 11) is 1.60. The molecule has 1 aliphatic rings. The van der Waals surface area contributed by atoms with Crippen molar-refractivity contribution < 1.29 is 9.90 Å². The predicted molar refractivity (Wildman–Crippen MR) is 121 cm³/mol. The minimum absolute atomic E-state index is 0.0422. The molecule has 1 aliphatic carbocycles. The van der Waals surface area contributed by atoms with E-state index >= 15 is 0 Å². The minimum Gasteiger partial charge on any atom is -0.391 e. The van der Waals surface area contributed by atoms with Crippen LogP contribution in [-0.2, 0) is 6.42 Å². The Balaban J connectivity index is 1.51. The number of hydrogen-bond acceptors (Lipinski definition) is 7. The molecule has 5 rings (SSSR count). The average molecular weight is 437 g/mol. The fourth-order valence-corrected chi connectivity index (χ4v) is 5.20. The molecule has 8 nitrogen and oxygen atoms in total. The number of carbonyl (C=O) groups excluding carboxylic acids is 1. The molecule has 1 aromatic carbocycles. The first-order chi connectivity index (χ1) is 15.1. The van der Waals surface area contributed by atoms with Gasteiger partial charge in [0.2, 0.25) is 0 Å². The lowest BCUT2D eigenvalue weighted by atomic mass is 9.93. The van der Waals surface area contributed by atoms with Gasteiger partial charge < -0.3 is 15.7 Å². The van der Waals surface area contributed by atoms with Crippen molar-refractivity contribution in [2.24, 2.45) is 0 Å². The summed E-state index contributed by atoms with van der Waals surface area (Å²) in [5.74, 6) is -0.236. The van der Waals surface area contributed by atoms with Crippen molar-refractivity contribution in [2.75, 3.05) is 12.4 Å². The maximum Gasteiger partial charge on any atom is 0.271 e. The maximum absolute atomic E-state index is 12.5. The molecule has 3 N–H and O–H groups in total. The highest BCUT2D eigenvalue weighted by Crippen LogP contribution is 2.32. The van der Waals surface area contributed by atoms with Gasteiger partial charge in [0.05, 0.1) is 28.1 Å². The van der Waals surface area contributed by atoms with Gasteiger partial charge >= 0.3 is 0 Å². The zero-order valence-corrected chi connectivity index (χ0v) is 18.0. The van der Waals surface area contributed by atoms with Crippen LogP contribution in [0.25, 0.3) is 15.9 Å². The van der Waals surface area contributed by atoms with Crippen molar-refractivity contribution in [2.45, 2.75) is 44.2 Å². The van der Waals surface area contributed by atoms with Gasteiger partial charge in [0.1, 0.15) is 0 Å². The second kappa shape index (κ2) is 8.24. The number of anilines is 1. The Kier molecular flexibility index (Phi) is 5.29. The van der Waals surface area contributed by atoms with Gasteiger partial charge in [-0.25, -0.2) is 14.5 Å². The number of imidazole rings is 1. The lowest BCUT2D eigenvalue weighted by Crippen LogP contribution is -2.36. The van der Waals surface area contributed by atoms with Gasteiger partial charge in [0, 0.05) is 19.7 Å². The van der Waals surface area contributed by atoms with E-state index in [9.17, 15) is 9.90 Å². The summed E-state index contributed by atoms with van der Waals surface area (Å²) >= 11 is 1.59. The van der Waals surface area contributed by atoms with E-state index in [-0.39, 0.29) is 18.1 Å². The highest BCUT2D eigenvalue weighted by atomic mass is 32.1. The Morgan fingerprint density at radius 1 is 1.23 bits per heavy atom. The van der Waals surface area contributed by atoms with Crippen LogP contribution in [0.15, 0.2) is 36.5 Å². The molecule has 3 heterocycles. The topological polar surface area (TPSA) is 104 Å². The van der Waals surface area contributed by atoms with E-state index in [1.54, 1.807) is 35.2 Å². The Labute approximate surface area is 183 Å². The Morgan fingerprint density at radius 3 is 2.94 bits per heavy atom. The summed E-state index contributed by atoms with van der Waals surface area (Å²) in [6.07, 6.45) is 5.81. The summed E-state index contributed by atoms with van der Waals surface area (Å²) in [6.45, 7) is 0. The molecule has 0 aliphatic heterocycles. The Morgan fingerprint density at radius 2 is 2.10 bits per heavy atom. The zero-order valence-electron chi connectivity index (χ0n) is 17.2. The first-order valence-electron chi connectivity index (χ1n) is 10.5. The number of aliphatic hydroxyl groups excluding tert-OH is 1. The van der Waals surface area contributed by atoms with E-state index in [4.69, 9.17) is 4.98 Å². The van der Waals surface area contributed by atoms with Crippen LogP contribution in [0.2, 0.25) is 0 Å². The first-order valence-corrected chi connectivity index (χ1v) is 11.3. The van der Waals surface area contributed by atoms with Crippen LogP contribution in [0.5, 0.6) is 0 Å². The van der Waals surface area contributed by atoms with Crippen molar-refractivity contribution in [1.29, 1.82) is 0 Å². The van der Waals surface area contributed by atoms with Crippen molar-refractivity contribution in [3.63, 3.8) is 0 Å². The Bertz CT molecular complexity index is 1250. The van der Waals surface area contributed by atoms with E-state index in [1.165, 1.54) is 0 Å². The minimum atomic E-state index is -0.334. The van der Waals surface area contributed by atoms with Crippen LogP contribution in [0.3, 0.4) is 0 Å². The predicted octanol–water partition coefficient (Wildman–Crippen LogP) is 3.00. The average Bonchev–Trinajstić information content (AvgIpc) is 3.37. The monoisotopic (exact) mass is 436 g/mol. The second-order valence-electron chi connectivity index (χ2n) is 7.84. The Hall–Kier alpha value is -3.04. The number of rotatable bonds is 5. The van der Waals surface area contributed by atoms with Crippen molar-refractivity contribution >= 4 is 38.2 Å². The molecule has 0 bridgehead atoms. The number of hydrogen-bond donors (Lipinski definition) is 3. The number of para-hydroxylation sites is 1. The number of thiazole rings is 1. The molecule has 1 amide bonds. The molecule has 2 atom stereocenters. The standard InChI is InChI=1S/C22H24N6O2S/c1-23-21(30)20-15(28-18(26-20)10-5-11-24-28)12-13-6-4-9-17-19(13)27-22(31-17)25-14-7-2-3-8-16(14)29/h4-6,9-11,14,16,29H,2-3,7-8,12H2,1H3,(H,23,30)(H,25,27). The molecule has 0 radical (unpaired) electrons. The third kappa shape index (κ3) is 3.75. The van der Waals surface area contributed by atoms with E-state index in [0.717, 1.165) is 52.3 Å². The largest absolute Gasteiger partial charge is 0.391 e. The molecular formula is C22H24N6O2S. The van der Waals surface area contributed by atoms with Crippen LogP contribution >= 0.6 is 11.3 Å². The van der Waals surface area contributed by atoms with Gasteiger partial charge in [-0.3, -0.25) is 4.79 Å². The number of aromatic nitrogens is 4. The van der Waals surface area contributed by atoms with E-state index in [0.29, 0.717) is 17.8 Å². The summed E-state index contributed by atoms with van der Waals surface area (Å²) in [4.78, 5) is 21.8. The first kappa shape index (κ1) is 19.9. The molecule has 1 fully saturated rings. The highest BCUT2D eigenvalue weighted by molar-refractivity contribution is 7.22. The highest BCUT2D eigenvalue weighted by Gasteiger charge is 2.24. The molecule has 2 unspecified atom stereocenters. The number of amides is 1. The molecule has 31 heavy (non-hydrogen) atoms. The van der Waals surface area contributed by atoms with Crippen molar-refractivity contribution in [1.82, 2.24) is 24.9 Å². The van der Waals surface area contributed by atoms with E-state index in [1.807, 2.05) is 24.3 Å². The molecule has 1 saturated carbocycles. The third-order valence-corrected chi connectivity index (χ3v) is 6.78. The number of nitrogens with zero attached hydrogens (tertiary/aromatic N) is 4. The smallest absolute Gasteiger partial charge is 0.271 e. The lowest BCUT2D eigenvalue weighted by Gasteiger charge is -2.28. The molecule has 160 valence electrons. The van der Waals surface area contributed by atoms with Crippen LogP contribution < -0.4 is 10.6 Å². The van der Waals surface area contributed by atoms with Gasteiger partial charge in [-0.1, -0.05) is 36.3 Å². The van der Waals surface area contributed by atoms with Gasteiger partial charge in [-0.2, -0.15) is 5.10 Å². The molecular weight excluding hydrogens is 412 g/mol. The summed E-state index contributed by atoms with van der Waals surface area (Å²) in [6, 6.07) is 9.76. The lowest BCUT2D eigenvalue weighted by molar-refractivity contribution is 0.0957. The number of nitrogens with one attached hydrogen (secondary N) is 2. The summed E-state index contributed by atoms with van der Waals surface area (Å²) in [5.41, 5.74) is 3.64. The summed E-state index contributed by atoms with van der Waals surface area (Å²) < 4.78 is 2.78. The van der Waals surface area contributed by atoms with E-state index < -0.39 is 0 Å². The fraction of sp³-hybridized carbons (Fsp3) is 0.364. The van der Waals surface area contributed by atoms with Crippen molar-refractivity contribution in [3.05, 3.63) is 53.5 Å². The van der Waals surface area contributed by atoms with Gasteiger partial charge in [-0.05, 0) is 36.6 Å². The maximum atomic E-state index is 12.5. The van der Waals surface area contributed by atoms with Gasteiger partial charge in [0.15, 0.2) is 16.5 Å². The molecule has 0 spiro atoms. The van der Waals surface area contributed by atoms with E-state index in [2.05, 4.69) is 20.7 Å². The van der Waals surface area contributed by atoms with Gasteiger partial charge in [-0.15, -0.1) is 0 Å². The quantitative estimate of drug-likeness (QED) is 0.444. The molecule has 4 aromatic rings. The zero-order chi connectivity index (χ0) is 21.4. The number of aliphatic hydroxyl groups is 1. The number of carbonyl (C=O) groups is 1. The van der Waals surface area contributed by atoms with Crippen molar-refractivity contribution in [3.8, 4) is 0 Å². The number of benzene rings is 1. The molecule has 3 aromatic heterocycles. The normalized spacial score (nSPS) is 19.0. The molecule has 0 saturated heterocycles. The third-order valence-electron chi connectivity index (χ3n) is 5.83. The fourth-order valence-electron chi connectivity index (χ4n) is 4.22. The van der Waals surface area contributed by atoms with Crippen LogP contribution in [0.4, 0.5) is 5.13 Å². The van der Waals surface area contributed by atoms with Crippen LogP contribution in [-0.4, -0.2) is 49.8 Å².